The minimum absolute atomic E-state index is 0.182. The normalized spacial score (nSPS) is 29.3. The second-order valence-electron chi connectivity index (χ2n) is 5.14. The van der Waals surface area contributed by atoms with E-state index in [1.165, 1.54) is 0 Å². The van der Waals surface area contributed by atoms with Crippen molar-refractivity contribution in [1.29, 1.82) is 0 Å². The molecule has 0 bridgehead atoms. The Kier molecular flexibility index (Phi) is 3.50. The predicted molar refractivity (Wildman–Crippen MR) is 57.4 cm³/mol. The summed E-state index contributed by atoms with van der Waals surface area (Å²) in [4.78, 5) is 17.0. The van der Waals surface area contributed by atoms with Gasteiger partial charge in [-0.15, -0.1) is 0 Å². The molecule has 0 saturated heterocycles. The average molecular weight is 216 g/mol. The molecule has 1 aliphatic rings. The smallest absolute Gasteiger partial charge is 0.230 e. The van der Waals surface area contributed by atoms with E-state index in [4.69, 9.17) is 9.46 Å². The highest BCUT2D eigenvalue weighted by Crippen LogP contribution is 2.29. The van der Waals surface area contributed by atoms with Crippen molar-refractivity contribution < 1.29 is 14.3 Å². The molecule has 82 valence electrons. The lowest BCUT2D eigenvalue weighted by atomic mass is 9.85. The van der Waals surface area contributed by atoms with E-state index < -0.39 is 13.9 Å². The number of carbonyl (C=O) groups is 1. The summed E-state index contributed by atoms with van der Waals surface area (Å²) in [6, 6.07) is 0. The summed E-state index contributed by atoms with van der Waals surface area (Å²) >= 11 is 0. The summed E-state index contributed by atoms with van der Waals surface area (Å²) in [5, 5.41) is 0. The number of hydrogen-bond donors (Lipinski definition) is 0. The molecule has 0 aliphatic heterocycles. The zero-order valence-corrected chi connectivity index (χ0v) is 10.6. The minimum atomic E-state index is -1.69. The number of Topliss-reactive ketones (excluding diaryl/α,β-unsaturated/α-hetero) is 1. The molecule has 4 heteroatoms. The van der Waals surface area contributed by atoms with Gasteiger partial charge in [0.05, 0.1) is 0 Å². The van der Waals surface area contributed by atoms with Gasteiger partial charge < -0.3 is 0 Å². The molecule has 14 heavy (non-hydrogen) atoms. The Morgan fingerprint density at radius 1 is 1.29 bits per heavy atom. The van der Waals surface area contributed by atoms with Gasteiger partial charge in [-0.3, -0.25) is 9.37 Å². The summed E-state index contributed by atoms with van der Waals surface area (Å²) in [7, 11) is -1.69. The van der Waals surface area contributed by atoms with Gasteiger partial charge in [0.2, 0.25) is 8.32 Å². The molecule has 1 aliphatic carbocycles. The topological polar surface area (TPSA) is 35.5 Å². The average Bonchev–Trinajstić information content (AvgIpc) is 2.06. The molecule has 0 aromatic heterocycles. The van der Waals surface area contributed by atoms with E-state index in [-0.39, 0.29) is 5.78 Å². The molecule has 0 aromatic carbocycles. The van der Waals surface area contributed by atoms with Crippen molar-refractivity contribution in [2.24, 2.45) is 0 Å². The lowest BCUT2D eigenvalue weighted by Gasteiger charge is -2.32. The maximum Gasteiger partial charge on any atom is 0.230 e. The Labute approximate surface area is 86.8 Å². The summed E-state index contributed by atoms with van der Waals surface area (Å²) in [5.41, 5.74) is -0.682. The monoisotopic (exact) mass is 216 g/mol. The second kappa shape index (κ2) is 4.12. The summed E-state index contributed by atoms with van der Waals surface area (Å²) in [5.74, 6) is 0.182. The first-order valence-corrected chi connectivity index (χ1v) is 8.64. The molecule has 1 atom stereocenters. The predicted octanol–water partition coefficient (Wildman–Crippen LogP) is 2.67. The van der Waals surface area contributed by atoms with E-state index in [0.717, 1.165) is 19.3 Å². The first-order valence-electron chi connectivity index (χ1n) is 5.24. The molecule has 1 rings (SSSR count). The molecule has 0 spiro atoms. The number of rotatable bonds is 3. The minimum Gasteiger partial charge on any atom is -0.296 e. The second-order valence-corrected chi connectivity index (χ2v) is 9.53. The lowest BCUT2D eigenvalue weighted by molar-refractivity contribution is -0.289. The van der Waals surface area contributed by atoms with Crippen molar-refractivity contribution in [2.45, 2.75) is 57.8 Å². The maximum absolute atomic E-state index is 11.6. The van der Waals surface area contributed by atoms with E-state index in [0.29, 0.717) is 6.42 Å². The molecule has 0 heterocycles. The van der Waals surface area contributed by atoms with Crippen molar-refractivity contribution in [3.63, 3.8) is 0 Å². The van der Waals surface area contributed by atoms with Crippen LogP contribution < -0.4 is 0 Å². The van der Waals surface area contributed by atoms with Crippen LogP contribution in [0.4, 0.5) is 0 Å². The molecule has 1 unspecified atom stereocenters. The van der Waals surface area contributed by atoms with E-state index >= 15 is 0 Å². The highest BCUT2D eigenvalue weighted by atomic mass is 28.4. The first kappa shape index (κ1) is 11.9. The largest absolute Gasteiger partial charge is 0.296 e. The summed E-state index contributed by atoms with van der Waals surface area (Å²) in [6.45, 7) is 7.98. The van der Waals surface area contributed by atoms with Gasteiger partial charge in [0.15, 0.2) is 11.4 Å². The molecule has 0 radical (unpaired) electrons. The zero-order chi connectivity index (χ0) is 10.8. The van der Waals surface area contributed by atoms with Crippen LogP contribution in [0.3, 0.4) is 0 Å². The van der Waals surface area contributed by atoms with E-state index in [1.54, 1.807) is 0 Å². The van der Waals surface area contributed by atoms with Crippen LogP contribution in [0.1, 0.15) is 32.6 Å². The fourth-order valence-electron chi connectivity index (χ4n) is 1.46. The SMILES string of the molecule is CC1(OO[Si](C)(C)C)CCCCC1=O. The van der Waals surface area contributed by atoms with E-state index in [9.17, 15) is 4.79 Å². The van der Waals surface area contributed by atoms with E-state index in [2.05, 4.69) is 0 Å². The van der Waals surface area contributed by atoms with Crippen LogP contribution in [0, 0.1) is 0 Å². The number of ketones is 1. The molecule has 1 fully saturated rings. The third-order valence-electron chi connectivity index (χ3n) is 2.37. The Morgan fingerprint density at radius 2 is 1.93 bits per heavy atom. The molecular formula is C10H20O3Si. The van der Waals surface area contributed by atoms with Gasteiger partial charge in [0.1, 0.15) is 0 Å². The Morgan fingerprint density at radius 3 is 2.43 bits per heavy atom. The quantitative estimate of drug-likeness (QED) is 0.413. The molecular weight excluding hydrogens is 196 g/mol. The Balaban J connectivity index is 2.52. The van der Waals surface area contributed by atoms with Crippen molar-refractivity contribution in [1.82, 2.24) is 0 Å². The molecule has 1 saturated carbocycles. The van der Waals surface area contributed by atoms with Gasteiger partial charge in [0, 0.05) is 6.42 Å². The van der Waals surface area contributed by atoms with Crippen molar-refractivity contribution in [2.75, 3.05) is 0 Å². The van der Waals surface area contributed by atoms with Gasteiger partial charge in [0.25, 0.3) is 0 Å². The first-order chi connectivity index (χ1) is 6.33. The third-order valence-corrected chi connectivity index (χ3v) is 2.96. The highest BCUT2D eigenvalue weighted by Gasteiger charge is 2.38. The van der Waals surface area contributed by atoms with E-state index in [1.807, 2.05) is 26.6 Å². The standard InChI is InChI=1S/C10H20O3Si/c1-10(12-13-14(2,3)4)8-6-5-7-9(10)11/h5-8H2,1-4H3. The van der Waals surface area contributed by atoms with Gasteiger partial charge in [-0.2, -0.15) is 0 Å². The fraction of sp³-hybridized carbons (Fsp3) is 0.900. The van der Waals surface area contributed by atoms with Crippen molar-refractivity contribution in [3.05, 3.63) is 0 Å². The van der Waals surface area contributed by atoms with Crippen LogP contribution in [0.25, 0.3) is 0 Å². The molecule has 0 aromatic rings. The van der Waals surface area contributed by atoms with Gasteiger partial charge in [-0.25, -0.2) is 4.89 Å². The number of carbonyl (C=O) groups excluding carboxylic acids is 1. The number of hydrogen-bond acceptors (Lipinski definition) is 3. The van der Waals surface area contributed by atoms with Gasteiger partial charge in [-0.1, -0.05) is 0 Å². The van der Waals surface area contributed by atoms with Crippen LogP contribution >= 0.6 is 0 Å². The Bertz CT molecular complexity index is 222. The Hall–Kier alpha value is -0.193. The van der Waals surface area contributed by atoms with Crippen LogP contribution in [-0.4, -0.2) is 19.7 Å². The molecule has 0 N–H and O–H groups in total. The fourth-order valence-corrected chi connectivity index (χ4v) is 1.89. The zero-order valence-electron chi connectivity index (χ0n) is 9.55. The van der Waals surface area contributed by atoms with Crippen LogP contribution in [0.2, 0.25) is 19.6 Å². The highest BCUT2D eigenvalue weighted by molar-refractivity contribution is 6.69. The lowest BCUT2D eigenvalue weighted by Crippen LogP contribution is -2.43. The maximum atomic E-state index is 11.6. The molecule has 0 amide bonds. The van der Waals surface area contributed by atoms with Crippen molar-refractivity contribution >= 4 is 14.1 Å². The third kappa shape index (κ3) is 3.19. The van der Waals surface area contributed by atoms with Crippen LogP contribution in [0.5, 0.6) is 0 Å². The van der Waals surface area contributed by atoms with Crippen molar-refractivity contribution in [3.8, 4) is 0 Å². The van der Waals surface area contributed by atoms with Gasteiger partial charge in [-0.05, 0) is 45.8 Å². The summed E-state index contributed by atoms with van der Waals surface area (Å²) in [6.07, 6.45) is 3.46. The van der Waals surface area contributed by atoms with Crippen LogP contribution in [0.15, 0.2) is 0 Å². The van der Waals surface area contributed by atoms with Gasteiger partial charge >= 0.3 is 0 Å². The van der Waals surface area contributed by atoms with Crippen LogP contribution in [-0.2, 0) is 14.3 Å². The summed E-state index contributed by atoms with van der Waals surface area (Å²) < 4.78 is 5.36. The molecule has 3 nitrogen and oxygen atoms in total.